The zero-order valence-corrected chi connectivity index (χ0v) is 7.70. The molecule has 0 amide bonds. The number of anilines is 1. The molecular formula is C9H14N4. The zero-order valence-electron chi connectivity index (χ0n) is 7.70. The van der Waals surface area contributed by atoms with Gasteiger partial charge in [-0.1, -0.05) is 12.2 Å². The molecule has 0 aliphatic heterocycles. The van der Waals surface area contributed by atoms with Crippen molar-refractivity contribution < 1.29 is 0 Å². The second-order valence-electron chi connectivity index (χ2n) is 2.58. The summed E-state index contributed by atoms with van der Waals surface area (Å²) in [4.78, 5) is 8.18. The van der Waals surface area contributed by atoms with Crippen LogP contribution in [0, 0.1) is 6.92 Å². The van der Waals surface area contributed by atoms with Crippen molar-refractivity contribution in [3.8, 4) is 0 Å². The molecule has 0 aliphatic rings. The first-order valence-corrected chi connectivity index (χ1v) is 4.21. The van der Waals surface area contributed by atoms with E-state index in [4.69, 9.17) is 5.73 Å². The maximum absolute atomic E-state index is 5.29. The van der Waals surface area contributed by atoms with E-state index in [1.807, 2.05) is 25.1 Å². The second kappa shape index (κ2) is 5.27. The van der Waals surface area contributed by atoms with Crippen molar-refractivity contribution in [2.75, 3.05) is 18.4 Å². The molecule has 1 heterocycles. The molecule has 1 aromatic rings. The number of nitrogens with one attached hydrogen (secondary N) is 1. The molecule has 0 aromatic carbocycles. The van der Waals surface area contributed by atoms with Gasteiger partial charge in [0, 0.05) is 19.3 Å². The molecule has 4 heteroatoms. The Hall–Kier alpha value is -1.42. The fraction of sp³-hybridized carbons (Fsp3) is 0.333. The highest BCUT2D eigenvalue weighted by Gasteiger charge is 1.90. The van der Waals surface area contributed by atoms with Gasteiger partial charge in [-0.25, -0.2) is 9.97 Å². The van der Waals surface area contributed by atoms with E-state index in [0.717, 1.165) is 18.2 Å². The maximum Gasteiger partial charge on any atom is 0.129 e. The molecule has 0 radical (unpaired) electrons. The molecule has 1 aromatic heterocycles. The van der Waals surface area contributed by atoms with Crippen LogP contribution in [-0.2, 0) is 0 Å². The first-order chi connectivity index (χ1) is 6.33. The normalized spacial score (nSPS) is 10.6. The number of nitrogens with two attached hydrogens (primary N) is 1. The Morgan fingerprint density at radius 1 is 1.54 bits per heavy atom. The topological polar surface area (TPSA) is 63.8 Å². The Labute approximate surface area is 77.9 Å². The van der Waals surface area contributed by atoms with Gasteiger partial charge in [0.2, 0.25) is 0 Å². The molecule has 0 unspecified atom stereocenters. The monoisotopic (exact) mass is 178 g/mol. The van der Waals surface area contributed by atoms with Crippen LogP contribution in [0.5, 0.6) is 0 Å². The number of hydrogen-bond acceptors (Lipinski definition) is 4. The molecule has 0 saturated heterocycles. The molecule has 3 N–H and O–H groups in total. The first kappa shape index (κ1) is 9.67. The molecule has 1 rings (SSSR count). The van der Waals surface area contributed by atoms with Crippen LogP contribution in [0.15, 0.2) is 24.4 Å². The van der Waals surface area contributed by atoms with Crippen molar-refractivity contribution in [1.82, 2.24) is 9.97 Å². The summed E-state index contributed by atoms with van der Waals surface area (Å²) < 4.78 is 0. The SMILES string of the molecule is Cc1nccc(NC/C=C/CN)n1. The van der Waals surface area contributed by atoms with Crippen LogP contribution >= 0.6 is 0 Å². The minimum atomic E-state index is 0.574. The lowest BCUT2D eigenvalue weighted by molar-refractivity contribution is 1.04. The summed E-state index contributed by atoms with van der Waals surface area (Å²) >= 11 is 0. The number of hydrogen-bond donors (Lipinski definition) is 2. The van der Waals surface area contributed by atoms with Crippen molar-refractivity contribution in [3.05, 3.63) is 30.2 Å². The van der Waals surface area contributed by atoms with Gasteiger partial charge in [-0.05, 0) is 13.0 Å². The second-order valence-corrected chi connectivity index (χ2v) is 2.58. The molecule has 4 nitrogen and oxygen atoms in total. The third-order valence-corrected chi connectivity index (χ3v) is 1.48. The highest BCUT2D eigenvalue weighted by atomic mass is 15.0. The predicted molar refractivity (Wildman–Crippen MR) is 53.5 cm³/mol. The van der Waals surface area contributed by atoms with Crippen LogP contribution in [0.3, 0.4) is 0 Å². The average Bonchev–Trinajstić information content (AvgIpc) is 2.13. The van der Waals surface area contributed by atoms with E-state index in [1.165, 1.54) is 0 Å². The molecule has 0 aliphatic carbocycles. The highest BCUT2D eigenvalue weighted by molar-refractivity contribution is 5.33. The van der Waals surface area contributed by atoms with E-state index in [-0.39, 0.29) is 0 Å². The van der Waals surface area contributed by atoms with Gasteiger partial charge in [-0.3, -0.25) is 0 Å². The molecule has 13 heavy (non-hydrogen) atoms. The fourth-order valence-electron chi connectivity index (χ4n) is 0.898. The van der Waals surface area contributed by atoms with Crippen molar-refractivity contribution >= 4 is 5.82 Å². The Morgan fingerprint density at radius 2 is 2.38 bits per heavy atom. The zero-order chi connectivity index (χ0) is 9.52. The van der Waals surface area contributed by atoms with E-state index in [9.17, 15) is 0 Å². The van der Waals surface area contributed by atoms with Crippen LogP contribution in [0.4, 0.5) is 5.82 Å². The van der Waals surface area contributed by atoms with Gasteiger partial charge in [0.15, 0.2) is 0 Å². The Bertz CT molecular complexity index is 283. The fourth-order valence-corrected chi connectivity index (χ4v) is 0.898. The molecule has 0 atom stereocenters. The lowest BCUT2D eigenvalue weighted by atomic mass is 10.4. The maximum atomic E-state index is 5.29. The van der Waals surface area contributed by atoms with Gasteiger partial charge in [0.05, 0.1) is 0 Å². The largest absolute Gasteiger partial charge is 0.366 e. The Kier molecular flexibility index (Phi) is 3.92. The van der Waals surface area contributed by atoms with Crippen molar-refractivity contribution in [2.24, 2.45) is 5.73 Å². The summed E-state index contributed by atoms with van der Waals surface area (Å²) in [7, 11) is 0. The summed E-state index contributed by atoms with van der Waals surface area (Å²) in [6, 6.07) is 1.84. The third-order valence-electron chi connectivity index (χ3n) is 1.48. The highest BCUT2D eigenvalue weighted by Crippen LogP contribution is 1.99. The van der Waals surface area contributed by atoms with Crippen molar-refractivity contribution in [1.29, 1.82) is 0 Å². The third kappa shape index (κ3) is 3.66. The molecule has 0 saturated carbocycles. The number of aromatic nitrogens is 2. The summed E-state index contributed by atoms with van der Waals surface area (Å²) in [6.45, 7) is 3.18. The molecule has 0 spiro atoms. The van der Waals surface area contributed by atoms with Gasteiger partial charge in [-0.15, -0.1) is 0 Å². The minimum absolute atomic E-state index is 0.574. The average molecular weight is 178 g/mol. The van der Waals surface area contributed by atoms with Gasteiger partial charge in [0.25, 0.3) is 0 Å². The van der Waals surface area contributed by atoms with E-state index in [1.54, 1.807) is 6.20 Å². The lowest BCUT2D eigenvalue weighted by Gasteiger charge is -2.01. The van der Waals surface area contributed by atoms with Gasteiger partial charge in [0.1, 0.15) is 11.6 Å². The number of nitrogens with zero attached hydrogens (tertiary/aromatic N) is 2. The lowest BCUT2D eigenvalue weighted by Crippen LogP contribution is -2.02. The van der Waals surface area contributed by atoms with Gasteiger partial charge in [-0.2, -0.15) is 0 Å². The predicted octanol–water partition coefficient (Wildman–Crippen LogP) is 0.712. The van der Waals surface area contributed by atoms with Crippen LogP contribution in [0.2, 0.25) is 0 Å². The van der Waals surface area contributed by atoms with E-state index in [0.29, 0.717) is 6.54 Å². The van der Waals surface area contributed by atoms with Gasteiger partial charge < -0.3 is 11.1 Å². The quantitative estimate of drug-likeness (QED) is 0.666. The van der Waals surface area contributed by atoms with Crippen LogP contribution < -0.4 is 11.1 Å². The number of rotatable bonds is 4. The van der Waals surface area contributed by atoms with Crippen molar-refractivity contribution in [2.45, 2.75) is 6.92 Å². The van der Waals surface area contributed by atoms with E-state index in [2.05, 4.69) is 15.3 Å². The summed E-state index contributed by atoms with van der Waals surface area (Å²) in [5.74, 6) is 1.61. The minimum Gasteiger partial charge on any atom is -0.366 e. The summed E-state index contributed by atoms with van der Waals surface area (Å²) in [5, 5.41) is 3.13. The summed E-state index contributed by atoms with van der Waals surface area (Å²) in [6.07, 6.45) is 5.61. The number of aryl methyl sites for hydroxylation is 1. The standard InChI is InChI=1S/C9H14N4/c1-8-11-7-4-9(13-8)12-6-3-2-5-10/h2-4,7H,5-6,10H2,1H3,(H,11,12,13)/b3-2+. The molecule has 0 bridgehead atoms. The Morgan fingerprint density at radius 3 is 3.08 bits per heavy atom. The van der Waals surface area contributed by atoms with Crippen LogP contribution in [0.1, 0.15) is 5.82 Å². The van der Waals surface area contributed by atoms with Gasteiger partial charge >= 0.3 is 0 Å². The van der Waals surface area contributed by atoms with E-state index >= 15 is 0 Å². The van der Waals surface area contributed by atoms with Crippen molar-refractivity contribution in [3.63, 3.8) is 0 Å². The smallest absolute Gasteiger partial charge is 0.129 e. The summed E-state index contributed by atoms with van der Waals surface area (Å²) in [5.41, 5.74) is 5.29. The first-order valence-electron chi connectivity index (χ1n) is 4.21. The Balaban J connectivity index is 2.41. The molecular weight excluding hydrogens is 164 g/mol. The molecule has 0 fully saturated rings. The molecule has 70 valence electrons. The van der Waals surface area contributed by atoms with Crippen LogP contribution in [-0.4, -0.2) is 23.1 Å². The van der Waals surface area contributed by atoms with E-state index < -0.39 is 0 Å². The van der Waals surface area contributed by atoms with Crippen LogP contribution in [0.25, 0.3) is 0 Å².